The molecule has 0 aliphatic carbocycles. The van der Waals surface area contributed by atoms with Crippen LogP contribution in [-0.4, -0.2) is 28.9 Å². The molecule has 2 heterocycles. The highest BCUT2D eigenvalue weighted by Gasteiger charge is 2.36. The van der Waals surface area contributed by atoms with E-state index in [4.69, 9.17) is 14.8 Å². The lowest BCUT2D eigenvalue weighted by Gasteiger charge is -2.35. The molecular formula is C23H20N4O2S. The lowest BCUT2D eigenvalue weighted by atomic mass is 9.99. The first-order chi connectivity index (χ1) is 14.7. The third kappa shape index (κ3) is 2.93. The molecule has 7 heteroatoms. The number of benzene rings is 3. The first-order valence-corrected chi connectivity index (χ1v) is 11.0. The number of ether oxygens (including phenoxy) is 1. The van der Waals surface area contributed by atoms with Gasteiger partial charge in [0.15, 0.2) is 11.3 Å². The van der Waals surface area contributed by atoms with E-state index < -0.39 is 6.17 Å². The van der Waals surface area contributed by atoms with E-state index in [9.17, 15) is 4.79 Å². The molecule has 0 radical (unpaired) electrons. The zero-order chi connectivity index (χ0) is 20.7. The fourth-order valence-electron chi connectivity index (χ4n) is 3.93. The second-order valence-electron chi connectivity index (χ2n) is 6.91. The Morgan fingerprint density at radius 3 is 2.73 bits per heavy atom. The minimum Gasteiger partial charge on any atom is -0.493 e. The number of thioether (sulfide) groups is 1. The molecule has 0 spiro atoms. The van der Waals surface area contributed by atoms with Crippen LogP contribution in [0.3, 0.4) is 0 Å². The molecule has 150 valence electrons. The van der Waals surface area contributed by atoms with Crippen molar-refractivity contribution in [2.45, 2.75) is 13.1 Å². The van der Waals surface area contributed by atoms with E-state index in [2.05, 4.69) is 17.4 Å². The van der Waals surface area contributed by atoms with Crippen molar-refractivity contribution in [2.75, 3.05) is 12.9 Å². The van der Waals surface area contributed by atoms with Gasteiger partial charge in [-0.15, -0.1) is 5.10 Å². The molecule has 2 aliphatic rings. The number of hydrogen-bond acceptors (Lipinski definition) is 6. The molecule has 0 saturated carbocycles. The summed E-state index contributed by atoms with van der Waals surface area (Å²) in [4.78, 5) is 18.1. The van der Waals surface area contributed by atoms with Gasteiger partial charge in [-0.25, -0.2) is 5.01 Å². The number of rotatable bonds is 3. The highest BCUT2D eigenvalue weighted by Crippen LogP contribution is 2.40. The summed E-state index contributed by atoms with van der Waals surface area (Å²) in [5.41, 5.74) is 1.40. The zero-order valence-electron chi connectivity index (χ0n) is 16.6. The number of carbonyl (C=O) groups excluding carboxylic acids is 1. The van der Waals surface area contributed by atoms with Gasteiger partial charge in [-0.05, 0) is 36.1 Å². The summed E-state index contributed by atoms with van der Waals surface area (Å²) < 4.78 is 6.00. The van der Waals surface area contributed by atoms with Gasteiger partial charge in [0, 0.05) is 10.8 Å². The van der Waals surface area contributed by atoms with Gasteiger partial charge in [0.1, 0.15) is 11.4 Å². The number of para-hydroxylation sites is 1. The maximum Gasteiger partial charge on any atom is 0.276 e. The van der Waals surface area contributed by atoms with Crippen molar-refractivity contribution in [1.82, 2.24) is 10.3 Å². The average Bonchev–Trinajstić information content (AvgIpc) is 2.78. The first-order valence-electron chi connectivity index (χ1n) is 9.76. The van der Waals surface area contributed by atoms with Crippen LogP contribution in [0.2, 0.25) is 0 Å². The maximum absolute atomic E-state index is 13.1. The lowest BCUT2D eigenvalue weighted by Crippen LogP contribution is -2.50. The molecular weight excluding hydrogens is 396 g/mol. The minimum atomic E-state index is -0.518. The Balaban J connectivity index is 1.85. The fraction of sp³-hybridized carbons (Fsp3) is 0.174. The van der Waals surface area contributed by atoms with Crippen LogP contribution in [0.5, 0.6) is 5.75 Å². The predicted octanol–water partition coefficient (Wildman–Crippen LogP) is 2.74. The van der Waals surface area contributed by atoms with Gasteiger partial charge in [0.05, 0.1) is 12.0 Å². The molecule has 30 heavy (non-hydrogen) atoms. The van der Waals surface area contributed by atoms with Crippen molar-refractivity contribution in [3.05, 3.63) is 76.8 Å². The Bertz CT molecular complexity index is 1320. The number of amidine groups is 1. The van der Waals surface area contributed by atoms with Crippen molar-refractivity contribution >= 4 is 39.3 Å². The summed E-state index contributed by atoms with van der Waals surface area (Å²) in [5.74, 6) is 0.565. The summed E-state index contributed by atoms with van der Waals surface area (Å²) >= 11 is 1.39. The molecule has 3 aromatic carbocycles. The van der Waals surface area contributed by atoms with Crippen LogP contribution in [-0.2, 0) is 4.79 Å². The summed E-state index contributed by atoms with van der Waals surface area (Å²) in [6.07, 6.45) is 1.37. The van der Waals surface area contributed by atoms with E-state index in [-0.39, 0.29) is 5.91 Å². The molecule has 1 N–H and O–H groups in total. The van der Waals surface area contributed by atoms with E-state index in [1.54, 1.807) is 5.01 Å². The monoisotopic (exact) mass is 416 g/mol. The van der Waals surface area contributed by atoms with E-state index in [0.29, 0.717) is 17.5 Å². The van der Waals surface area contributed by atoms with Crippen LogP contribution in [0.4, 0.5) is 0 Å². The van der Waals surface area contributed by atoms with Crippen LogP contribution in [0, 0.1) is 0 Å². The van der Waals surface area contributed by atoms with Gasteiger partial charge >= 0.3 is 0 Å². The second kappa shape index (κ2) is 7.50. The number of nitrogens with zero attached hydrogens (tertiary/aromatic N) is 3. The quantitative estimate of drug-likeness (QED) is 0.713. The van der Waals surface area contributed by atoms with Crippen LogP contribution < -0.4 is 20.6 Å². The molecule has 1 amide bonds. The molecule has 5 rings (SSSR count). The van der Waals surface area contributed by atoms with Crippen molar-refractivity contribution in [2.24, 2.45) is 10.1 Å². The normalized spacial score (nSPS) is 17.6. The Morgan fingerprint density at radius 1 is 1.10 bits per heavy atom. The second-order valence-corrected chi connectivity index (χ2v) is 7.70. The van der Waals surface area contributed by atoms with E-state index >= 15 is 0 Å². The SMILES string of the molecule is CCOc1ccc2ccccc2c1[C@@H]1N=c2ccccc2=C2C(=O)NC(SC)=NN21. The zero-order valence-corrected chi connectivity index (χ0v) is 17.4. The van der Waals surface area contributed by atoms with Gasteiger partial charge < -0.3 is 4.74 Å². The molecule has 0 aromatic heterocycles. The predicted molar refractivity (Wildman–Crippen MR) is 119 cm³/mol. The van der Waals surface area contributed by atoms with Crippen LogP contribution >= 0.6 is 11.8 Å². The Labute approximate surface area is 177 Å². The standard InChI is InChI=1S/C23H20N4O2S/c1-3-29-18-13-12-14-8-4-5-9-15(14)19(18)21-24-17-11-7-6-10-16(17)20-22(28)25-23(30-2)26-27(20)21/h4-13,21H,3H2,1-2H3,(H,25,26,28)/t21-/m1/s1. The topological polar surface area (TPSA) is 66.3 Å². The molecule has 0 unspecified atom stereocenters. The summed E-state index contributed by atoms with van der Waals surface area (Å²) in [6, 6.07) is 19.8. The number of nitrogens with one attached hydrogen (secondary N) is 1. The van der Waals surface area contributed by atoms with Crippen LogP contribution in [0.1, 0.15) is 18.7 Å². The van der Waals surface area contributed by atoms with Crippen LogP contribution in [0.15, 0.2) is 70.8 Å². The highest BCUT2D eigenvalue weighted by molar-refractivity contribution is 8.13. The van der Waals surface area contributed by atoms with Crippen molar-refractivity contribution in [3.63, 3.8) is 0 Å². The van der Waals surface area contributed by atoms with Crippen LogP contribution in [0.25, 0.3) is 16.5 Å². The third-order valence-corrected chi connectivity index (χ3v) is 5.77. The highest BCUT2D eigenvalue weighted by atomic mass is 32.2. The molecule has 2 aliphatic heterocycles. The van der Waals surface area contributed by atoms with E-state index in [1.165, 1.54) is 11.8 Å². The third-order valence-electron chi connectivity index (χ3n) is 5.20. The van der Waals surface area contributed by atoms with Gasteiger partial charge in [0.25, 0.3) is 5.91 Å². The number of carbonyl (C=O) groups is 1. The van der Waals surface area contributed by atoms with Gasteiger partial charge in [0.2, 0.25) is 0 Å². The largest absolute Gasteiger partial charge is 0.493 e. The van der Waals surface area contributed by atoms with Crippen molar-refractivity contribution in [3.8, 4) is 5.75 Å². The van der Waals surface area contributed by atoms with Gasteiger partial charge in [-0.1, -0.05) is 60.3 Å². The fourth-order valence-corrected chi connectivity index (χ4v) is 4.30. The number of hydrogen-bond donors (Lipinski definition) is 1. The van der Waals surface area contributed by atoms with Crippen molar-refractivity contribution < 1.29 is 9.53 Å². The summed E-state index contributed by atoms with van der Waals surface area (Å²) in [7, 11) is 0. The molecule has 6 nitrogen and oxygen atoms in total. The molecule has 0 fully saturated rings. The van der Waals surface area contributed by atoms with E-state index in [0.717, 1.165) is 32.7 Å². The van der Waals surface area contributed by atoms with Gasteiger partial charge in [-0.2, -0.15) is 0 Å². The molecule has 0 saturated heterocycles. The molecule has 0 bridgehead atoms. The number of amides is 1. The molecule has 3 aromatic rings. The van der Waals surface area contributed by atoms with E-state index in [1.807, 2.05) is 61.7 Å². The average molecular weight is 417 g/mol. The first kappa shape index (κ1) is 18.7. The Morgan fingerprint density at radius 2 is 1.90 bits per heavy atom. The number of hydrazone groups is 1. The molecule has 1 atom stereocenters. The van der Waals surface area contributed by atoms with Crippen molar-refractivity contribution in [1.29, 1.82) is 0 Å². The lowest BCUT2D eigenvalue weighted by molar-refractivity contribution is -0.116. The maximum atomic E-state index is 13.1. The Hall–Kier alpha value is -3.32. The summed E-state index contributed by atoms with van der Waals surface area (Å²) in [5, 5.41) is 13.5. The minimum absolute atomic E-state index is 0.181. The Kier molecular flexibility index (Phi) is 4.67. The number of fused-ring (bicyclic) bond motifs is 3. The summed E-state index contributed by atoms with van der Waals surface area (Å²) in [6.45, 7) is 2.49. The van der Waals surface area contributed by atoms with Gasteiger partial charge in [-0.3, -0.25) is 15.1 Å². The smallest absolute Gasteiger partial charge is 0.276 e.